The average molecular weight is 555 g/mol. The standard InChI is InChI=1S/C14H10NO.C11H8N.Ir/c1-10-2-4-11(5-3-10)14-12-7-9-16-13(12)6-8-15-14;1-2-6-10(7-3-1)11-8-4-5-9-12-11;/h2-4,6-9H,1H3;1-6,8-9H;/q2*-1;. The molecule has 5 aromatic rings. The Morgan fingerprint density at radius 1 is 0.793 bits per heavy atom. The first kappa shape index (κ1) is 20.7. The van der Waals surface area contributed by atoms with Crippen LogP contribution in [0.4, 0.5) is 0 Å². The molecule has 4 heteroatoms. The van der Waals surface area contributed by atoms with Crippen molar-refractivity contribution in [2.75, 3.05) is 0 Å². The monoisotopic (exact) mass is 555 g/mol. The molecule has 0 amide bonds. The second kappa shape index (κ2) is 9.92. The van der Waals surface area contributed by atoms with Crippen LogP contribution in [0.2, 0.25) is 0 Å². The first-order chi connectivity index (χ1) is 13.8. The smallest absolute Gasteiger partial charge is 0.128 e. The van der Waals surface area contributed by atoms with Gasteiger partial charge in [0.2, 0.25) is 0 Å². The summed E-state index contributed by atoms with van der Waals surface area (Å²) >= 11 is 0. The van der Waals surface area contributed by atoms with E-state index in [1.807, 2.05) is 73.7 Å². The summed E-state index contributed by atoms with van der Waals surface area (Å²) in [6.07, 6.45) is 5.23. The van der Waals surface area contributed by atoms with E-state index in [4.69, 9.17) is 4.42 Å². The molecular weight excluding hydrogens is 537 g/mol. The van der Waals surface area contributed by atoms with Crippen LogP contribution in [0.25, 0.3) is 33.5 Å². The van der Waals surface area contributed by atoms with E-state index >= 15 is 0 Å². The number of pyridine rings is 2. The number of nitrogens with zero attached hydrogens (tertiary/aromatic N) is 2. The van der Waals surface area contributed by atoms with Crippen molar-refractivity contribution in [1.82, 2.24) is 9.97 Å². The first-order valence-corrected chi connectivity index (χ1v) is 9.00. The fourth-order valence-corrected chi connectivity index (χ4v) is 2.83. The predicted octanol–water partition coefficient (Wildman–Crippen LogP) is 6.15. The van der Waals surface area contributed by atoms with Gasteiger partial charge >= 0.3 is 0 Å². The molecule has 3 heterocycles. The van der Waals surface area contributed by atoms with Crippen LogP contribution in [0.15, 0.2) is 95.9 Å². The molecule has 0 atom stereocenters. The van der Waals surface area contributed by atoms with Crippen LogP contribution in [-0.2, 0) is 20.1 Å². The Morgan fingerprint density at radius 3 is 2.41 bits per heavy atom. The number of furan rings is 1. The van der Waals surface area contributed by atoms with E-state index in [2.05, 4.69) is 28.2 Å². The van der Waals surface area contributed by atoms with Crippen molar-refractivity contribution >= 4 is 11.0 Å². The topological polar surface area (TPSA) is 38.9 Å². The van der Waals surface area contributed by atoms with Crippen LogP contribution < -0.4 is 0 Å². The Bertz CT molecular complexity index is 1120. The van der Waals surface area contributed by atoms with Crippen LogP contribution in [0, 0.1) is 19.1 Å². The fourth-order valence-electron chi connectivity index (χ4n) is 2.83. The Kier molecular flexibility index (Phi) is 7.07. The van der Waals surface area contributed by atoms with E-state index in [9.17, 15) is 0 Å². The Labute approximate surface area is 183 Å². The first-order valence-electron chi connectivity index (χ1n) is 9.00. The normalized spacial score (nSPS) is 9.97. The number of aromatic nitrogens is 2. The van der Waals surface area contributed by atoms with E-state index in [0.29, 0.717) is 0 Å². The number of hydrogen-bond donors (Lipinski definition) is 0. The van der Waals surface area contributed by atoms with Crippen molar-refractivity contribution in [3.05, 3.63) is 109 Å². The van der Waals surface area contributed by atoms with Crippen LogP contribution in [0.3, 0.4) is 0 Å². The second-order valence-electron chi connectivity index (χ2n) is 6.26. The maximum absolute atomic E-state index is 5.35. The number of hydrogen-bond acceptors (Lipinski definition) is 3. The van der Waals surface area contributed by atoms with Crippen molar-refractivity contribution in [3.8, 4) is 22.5 Å². The largest absolute Gasteiger partial charge is 0.465 e. The van der Waals surface area contributed by atoms with E-state index in [0.717, 1.165) is 33.5 Å². The van der Waals surface area contributed by atoms with Gasteiger partial charge in [-0.05, 0) is 29.6 Å². The minimum Gasteiger partial charge on any atom is -0.465 e. The average Bonchev–Trinajstić information content (AvgIpc) is 3.25. The van der Waals surface area contributed by atoms with Gasteiger partial charge in [0.05, 0.1) is 6.26 Å². The molecule has 0 spiro atoms. The fraction of sp³-hybridized carbons (Fsp3) is 0.0400. The zero-order valence-electron chi connectivity index (χ0n) is 15.8. The van der Waals surface area contributed by atoms with Gasteiger partial charge in [0.15, 0.2) is 0 Å². The summed E-state index contributed by atoms with van der Waals surface area (Å²) in [4.78, 5) is 8.61. The summed E-state index contributed by atoms with van der Waals surface area (Å²) in [5, 5.41) is 1.03. The van der Waals surface area contributed by atoms with Crippen molar-refractivity contribution < 1.29 is 24.5 Å². The molecule has 5 rings (SSSR count). The minimum atomic E-state index is 0. The summed E-state index contributed by atoms with van der Waals surface area (Å²) in [5.74, 6) is 0. The van der Waals surface area contributed by atoms with Gasteiger partial charge < -0.3 is 14.4 Å². The maximum Gasteiger partial charge on any atom is 0.128 e. The molecule has 0 fully saturated rings. The van der Waals surface area contributed by atoms with Gasteiger partial charge in [0.1, 0.15) is 5.58 Å². The predicted molar refractivity (Wildman–Crippen MR) is 112 cm³/mol. The SMILES string of the molecule is Cc1c[c-]c(-c2nccc3occc23)cc1.[Ir].[c-]1ccccc1-c1ccccn1. The molecule has 0 bridgehead atoms. The van der Waals surface area contributed by atoms with Gasteiger partial charge in [-0.25, -0.2) is 0 Å². The van der Waals surface area contributed by atoms with Crippen LogP contribution in [0.5, 0.6) is 0 Å². The Morgan fingerprint density at radius 2 is 1.69 bits per heavy atom. The quantitative estimate of drug-likeness (QED) is 0.246. The molecule has 0 unspecified atom stereocenters. The second-order valence-corrected chi connectivity index (χ2v) is 6.26. The molecule has 29 heavy (non-hydrogen) atoms. The van der Waals surface area contributed by atoms with Crippen LogP contribution in [0.1, 0.15) is 5.56 Å². The number of aryl methyl sites for hydroxylation is 1. The van der Waals surface area contributed by atoms with E-state index < -0.39 is 0 Å². The minimum absolute atomic E-state index is 0. The third-order valence-corrected chi connectivity index (χ3v) is 4.25. The third-order valence-electron chi connectivity index (χ3n) is 4.25. The number of fused-ring (bicyclic) bond motifs is 1. The zero-order valence-corrected chi connectivity index (χ0v) is 18.2. The van der Waals surface area contributed by atoms with Gasteiger partial charge in [0, 0.05) is 37.9 Å². The number of rotatable bonds is 2. The molecule has 3 nitrogen and oxygen atoms in total. The van der Waals surface area contributed by atoms with Crippen LogP contribution >= 0.6 is 0 Å². The van der Waals surface area contributed by atoms with Crippen molar-refractivity contribution in [3.63, 3.8) is 0 Å². The molecule has 2 aromatic carbocycles. The summed E-state index contributed by atoms with van der Waals surface area (Å²) in [7, 11) is 0. The van der Waals surface area contributed by atoms with Crippen molar-refractivity contribution in [2.45, 2.75) is 6.92 Å². The van der Waals surface area contributed by atoms with E-state index in [1.54, 1.807) is 18.7 Å². The van der Waals surface area contributed by atoms with Gasteiger partial charge in [-0.3, -0.25) is 0 Å². The van der Waals surface area contributed by atoms with Crippen LogP contribution in [-0.4, -0.2) is 9.97 Å². The Hall–Kier alpha value is -3.07. The molecule has 1 radical (unpaired) electrons. The molecule has 0 aliphatic rings. The zero-order chi connectivity index (χ0) is 19.2. The summed E-state index contributed by atoms with van der Waals surface area (Å²) in [5.41, 5.74) is 5.99. The van der Waals surface area contributed by atoms with E-state index in [-0.39, 0.29) is 20.1 Å². The van der Waals surface area contributed by atoms with Gasteiger partial charge in [0.25, 0.3) is 0 Å². The number of benzene rings is 2. The van der Waals surface area contributed by atoms with Gasteiger partial charge in [-0.15, -0.1) is 71.3 Å². The van der Waals surface area contributed by atoms with E-state index in [1.165, 1.54) is 5.56 Å². The summed E-state index contributed by atoms with van der Waals surface area (Å²) < 4.78 is 5.35. The summed E-state index contributed by atoms with van der Waals surface area (Å²) in [6, 6.07) is 29.9. The molecule has 0 N–H and O–H groups in total. The van der Waals surface area contributed by atoms with Gasteiger partial charge in [-0.2, -0.15) is 0 Å². The molecule has 0 aliphatic heterocycles. The summed E-state index contributed by atoms with van der Waals surface area (Å²) in [6.45, 7) is 2.05. The molecule has 0 aliphatic carbocycles. The van der Waals surface area contributed by atoms with Gasteiger partial charge in [-0.1, -0.05) is 19.1 Å². The molecular formula is C25H18IrN2O-2. The Balaban J connectivity index is 0.000000167. The molecule has 0 saturated carbocycles. The molecule has 3 aromatic heterocycles. The van der Waals surface area contributed by atoms with Crippen molar-refractivity contribution in [1.29, 1.82) is 0 Å². The third kappa shape index (κ3) is 5.05. The maximum atomic E-state index is 5.35. The molecule has 145 valence electrons. The molecule has 0 saturated heterocycles. The van der Waals surface area contributed by atoms with Crippen molar-refractivity contribution in [2.24, 2.45) is 0 Å².